The van der Waals surface area contributed by atoms with Crippen LogP contribution in [0.1, 0.15) is 32.8 Å². The minimum Gasteiger partial charge on any atom is -0.459 e. The van der Waals surface area contributed by atoms with Crippen LogP contribution in [-0.2, 0) is 0 Å². The molecule has 5 heteroatoms. The highest BCUT2D eigenvalue weighted by Crippen LogP contribution is 2.21. The molecule has 0 atom stereocenters. The lowest BCUT2D eigenvalue weighted by Gasteiger charge is -2.00. The quantitative estimate of drug-likeness (QED) is 0.682. The molecule has 0 aliphatic heterocycles. The van der Waals surface area contributed by atoms with E-state index in [1.54, 1.807) is 23.5 Å². The summed E-state index contributed by atoms with van der Waals surface area (Å²) in [5.74, 6) is -0.0891. The number of furan rings is 1. The fourth-order valence-electron chi connectivity index (χ4n) is 1.65. The molecule has 1 N–H and O–H groups in total. The molecule has 94 valence electrons. The molecule has 2 rings (SSSR count). The third-order valence-corrected chi connectivity index (χ3v) is 3.47. The Balaban J connectivity index is 2.10. The van der Waals surface area contributed by atoms with Gasteiger partial charge in [0.25, 0.3) is 0 Å². The summed E-state index contributed by atoms with van der Waals surface area (Å²) < 4.78 is 4.98. The van der Waals surface area contributed by atoms with E-state index in [1.807, 2.05) is 13.8 Å². The van der Waals surface area contributed by atoms with Crippen LogP contribution in [0.15, 0.2) is 34.0 Å². The molecule has 0 saturated heterocycles. The summed E-state index contributed by atoms with van der Waals surface area (Å²) >= 11 is 1.72. The summed E-state index contributed by atoms with van der Waals surface area (Å²) in [5, 5.41) is 4.09. The molecule has 2 heterocycles. The zero-order valence-electron chi connectivity index (χ0n) is 10.5. The average molecular weight is 262 g/mol. The van der Waals surface area contributed by atoms with Gasteiger partial charge in [0, 0.05) is 15.3 Å². The maximum Gasteiger partial charge on any atom is 0.307 e. The molecular formula is C13H14N2O2S. The molecular weight excluding hydrogens is 248 g/mol. The van der Waals surface area contributed by atoms with Gasteiger partial charge in [0.15, 0.2) is 5.76 Å². The molecule has 0 unspecified atom stereocenters. The van der Waals surface area contributed by atoms with Crippen LogP contribution < -0.4 is 5.43 Å². The van der Waals surface area contributed by atoms with Crippen molar-refractivity contribution in [2.24, 2.45) is 5.10 Å². The van der Waals surface area contributed by atoms with E-state index in [4.69, 9.17) is 4.42 Å². The molecule has 0 radical (unpaired) electrons. The van der Waals surface area contributed by atoms with E-state index in [0.29, 0.717) is 0 Å². The van der Waals surface area contributed by atoms with Gasteiger partial charge >= 0.3 is 5.91 Å². The van der Waals surface area contributed by atoms with E-state index in [2.05, 4.69) is 23.5 Å². The van der Waals surface area contributed by atoms with Crippen LogP contribution in [-0.4, -0.2) is 11.6 Å². The Labute approximate surface area is 109 Å². The lowest BCUT2D eigenvalue weighted by atomic mass is 10.2. The summed E-state index contributed by atoms with van der Waals surface area (Å²) in [7, 11) is 0. The lowest BCUT2D eigenvalue weighted by Crippen LogP contribution is -2.18. The van der Waals surface area contributed by atoms with Crippen molar-refractivity contribution in [1.82, 2.24) is 5.43 Å². The van der Waals surface area contributed by atoms with E-state index in [1.165, 1.54) is 16.0 Å². The molecule has 18 heavy (non-hydrogen) atoms. The summed E-state index contributed by atoms with van der Waals surface area (Å²) in [4.78, 5) is 14.0. The number of rotatable bonds is 3. The predicted molar refractivity (Wildman–Crippen MR) is 72.2 cm³/mol. The molecule has 0 aromatic carbocycles. The van der Waals surface area contributed by atoms with E-state index in [-0.39, 0.29) is 11.7 Å². The fourth-order valence-corrected chi connectivity index (χ4v) is 2.62. The number of carbonyl (C=O) groups is 1. The first-order chi connectivity index (χ1) is 8.58. The highest BCUT2D eigenvalue weighted by Gasteiger charge is 2.09. The van der Waals surface area contributed by atoms with Crippen LogP contribution in [0.5, 0.6) is 0 Å². The first-order valence-corrected chi connectivity index (χ1v) is 6.35. The standard InChI is InChI=1S/C13H14N2O2S/c1-8-7-11(10(3)18-8)9(2)14-15-13(16)12-5-4-6-17-12/h4-7H,1-3H3,(H,15,16)/b14-9-. The molecule has 0 aliphatic carbocycles. The Bertz CT molecular complexity index is 582. The van der Waals surface area contributed by atoms with Crippen molar-refractivity contribution in [2.45, 2.75) is 20.8 Å². The van der Waals surface area contributed by atoms with Crippen molar-refractivity contribution in [3.05, 3.63) is 45.5 Å². The fraction of sp³-hybridized carbons (Fsp3) is 0.231. The molecule has 0 fully saturated rings. The summed E-state index contributed by atoms with van der Waals surface area (Å²) in [5.41, 5.74) is 4.34. The van der Waals surface area contributed by atoms with E-state index in [9.17, 15) is 4.79 Å². The number of hydrogen-bond acceptors (Lipinski definition) is 4. The van der Waals surface area contributed by atoms with Gasteiger partial charge in [-0.25, -0.2) is 5.43 Å². The number of nitrogens with zero attached hydrogens (tertiary/aromatic N) is 1. The first kappa shape index (κ1) is 12.6. The van der Waals surface area contributed by atoms with Crippen molar-refractivity contribution in [3.63, 3.8) is 0 Å². The van der Waals surface area contributed by atoms with Gasteiger partial charge in [-0.3, -0.25) is 4.79 Å². The normalized spacial score (nSPS) is 11.6. The molecule has 2 aromatic heterocycles. The van der Waals surface area contributed by atoms with Crippen LogP contribution in [0.2, 0.25) is 0 Å². The Hall–Kier alpha value is -1.88. The smallest absolute Gasteiger partial charge is 0.307 e. The minimum absolute atomic E-state index is 0.254. The Kier molecular flexibility index (Phi) is 3.62. The van der Waals surface area contributed by atoms with Gasteiger partial charge in [-0.05, 0) is 39.0 Å². The van der Waals surface area contributed by atoms with Crippen LogP contribution >= 0.6 is 11.3 Å². The Morgan fingerprint density at radius 2 is 2.22 bits per heavy atom. The second-order valence-corrected chi connectivity index (χ2v) is 5.40. The molecule has 0 saturated carbocycles. The van der Waals surface area contributed by atoms with Gasteiger partial charge in [-0.15, -0.1) is 11.3 Å². The van der Waals surface area contributed by atoms with Crippen molar-refractivity contribution in [1.29, 1.82) is 0 Å². The zero-order valence-corrected chi connectivity index (χ0v) is 11.3. The molecule has 2 aromatic rings. The number of carbonyl (C=O) groups excluding carboxylic acids is 1. The average Bonchev–Trinajstić information content (AvgIpc) is 2.95. The highest BCUT2D eigenvalue weighted by molar-refractivity contribution is 7.12. The topological polar surface area (TPSA) is 54.6 Å². The number of hydrogen-bond donors (Lipinski definition) is 1. The molecule has 0 bridgehead atoms. The van der Waals surface area contributed by atoms with Crippen LogP contribution in [0, 0.1) is 13.8 Å². The first-order valence-electron chi connectivity index (χ1n) is 5.53. The van der Waals surface area contributed by atoms with Crippen molar-refractivity contribution >= 4 is 23.0 Å². The van der Waals surface area contributed by atoms with Crippen LogP contribution in [0.25, 0.3) is 0 Å². The van der Waals surface area contributed by atoms with Gasteiger partial charge in [0.1, 0.15) is 0 Å². The van der Waals surface area contributed by atoms with E-state index < -0.39 is 0 Å². The van der Waals surface area contributed by atoms with Crippen LogP contribution in [0.3, 0.4) is 0 Å². The van der Waals surface area contributed by atoms with Gasteiger partial charge < -0.3 is 4.42 Å². The molecule has 0 aliphatic rings. The number of amides is 1. The highest BCUT2D eigenvalue weighted by atomic mass is 32.1. The molecule has 0 spiro atoms. The summed E-state index contributed by atoms with van der Waals surface area (Å²) in [6.45, 7) is 5.97. The summed E-state index contributed by atoms with van der Waals surface area (Å²) in [6, 6.07) is 5.33. The predicted octanol–water partition coefficient (Wildman–Crippen LogP) is 3.11. The van der Waals surface area contributed by atoms with Crippen molar-refractivity contribution in [3.8, 4) is 0 Å². The SMILES string of the molecule is C/C(=N/NC(=O)c1ccco1)c1cc(C)sc1C. The van der Waals surface area contributed by atoms with Gasteiger partial charge in [-0.1, -0.05) is 0 Å². The third-order valence-electron chi connectivity index (χ3n) is 2.50. The summed E-state index contributed by atoms with van der Waals surface area (Å²) in [6.07, 6.45) is 1.46. The minimum atomic E-state index is -0.344. The lowest BCUT2D eigenvalue weighted by molar-refractivity contribution is 0.0927. The number of nitrogens with one attached hydrogen (secondary N) is 1. The number of thiophene rings is 1. The maximum absolute atomic E-state index is 11.6. The monoisotopic (exact) mass is 262 g/mol. The van der Waals surface area contributed by atoms with Crippen LogP contribution in [0.4, 0.5) is 0 Å². The number of aryl methyl sites for hydroxylation is 2. The second kappa shape index (κ2) is 5.18. The number of hydrazone groups is 1. The van der Waals surface area contributed by atoms with Gasteiger partial charge in [0.05, 0.1) is 12.0 Å². The van der Waals surface area contributed by atoms with E-state index in [0.717, 1.165) is 11.3 Å². The van der Waals surface area contributed by atoms with Gasteiger partial charge in [-0.2, -0.15) is 5.10 Å². The Morgan fingerprint density at radius 1 is 1.44 bits per heavy atom. The van der Waals surface area contributed by atoms with E-state index >= 15 is 0 Å². The van der Waals surface area contributed by atoms with Crippen molar-refractivity contribution in [2.75, 3.05) is 0 Å². The molecule has 1 amide bonds. The third kappa shape index (κ3) is 2.68. The Morgan fingerprint density at radius 3 is 2.78 bits per heavy atom. The molecule has 4 nitrogen and oxygen atoms in total. The zero-order chi connectivity index (χ0) is 13.1. The largest absolute Gasteiger partial charge is 0.459 e. The maximum atomic E-state index is 11.6. The van der Waals surface area contributed by atoms with Gasteiger partial charge in [0.2, 0.25) is 0 Å². The second-order valence-electron chi connectivity index (χ2n) is 3.94. The van der Waals surface area contributed by atoms with Crippen molar-refractivity contribution < 1.29 is 9.21 Å².